The van der Waals surface area contributed by atoms with Crippen LogP contribution in [0.15, 0.2) is 18.5 Å². The molecule has 0 aliphatic heterocycles. The quantitative estimate of drug-likeness (QED) is 0.824. The predicted molar refractivity (Wildman–Crippen MR) is 76.5 cm³/mol. The summed E-state index contributed by atoms with van der Waals surface area (Å²) in [7, 11) is 0. The molecule has 7 heteroatoms. The van der Waals surface area contributed by atoms with Gasteiger partial charge in [0.1, 0.15) is 17.6 Å². The third kappa shape index (κ3) is 4.40. The van der Waals surface area contributed by atoms with Crippen LogP contribution in [-0.2, 0) is 17.9 Å². The van der Waals surface area contributed by atoms with Crippen LogP contribution >= 0.6 is 11.6 Å². The molecule has 0 atom stereocenters. The molecule has 0 aliphatic rings. The van der Waals surface area contributed by atoms with Gasteiger partial charge in [-0.25, -0.2) is 9.97 Å². The van der Waals surface area contributed by atoms with Crippen LogP contribution in [0.2, 0.25) is 5.15 Å². The van der Waals surface area contributed by atoms with Gasteiger partial charge in [-0.3, -0.25) is 9.97 Å². The van der Waals surface area contributed by atoms with Gasteiger partial charge in [-0.1, -0.05) is 11.6 Å². The van der Waals surface area contributed by atoms with E-state index in [1.807, 2.05) is 13.8 Å². The molecule has 2 aromatic rings. The fraction of sp³-hybridized carbons (Fsp3) is 0.385. The molecule has 0 amide bonds. The number of rotatable bonds is 6. The van der Waals surface area contributed by atoms with Crippen LogP contribution < -0.4 is 5.32 Å². The SMILES string of the molecule is CCOCc1nc(Cl)cc(NCc2cnc(C)cn2)n1. The normalized spacial score (nSPS) is 10.6. The van der Waals surface area contributed by atoms with Crippen molar-refractivity contribution < 1.29 is 4.74 Å². The molecule has 0 saturated carbocycles. The molecular weight excluding hydrogens is 278 g/mol. The van der Waals surface area contributed by atoms with Gasteiger partial charge in [0.05, 0.1) is 24.1 Å². The Bertz CT molecular complexity index is 561. The topological polar surface area (TPSA) is 72.8 Å². The first-order valence-electron chi connectivity index (χ1n) is 6.30. The monoisotopic (exact) mass is 293 g/mol. The highest BCUT2D eigenvalue weighted by Crippen LogP contribution is 2.13. The molecule has 20 heavy (non-hydrogen) atoms. The molecule has 2 aromatic heterocycles. The molecule has 0 radical (unpaired) electrons. The van der Waals surface area contributed by atoms with E-state index < -0.39 is 0 Å². The molecular formula is C13H16ClN5O. The lowest BCUT2D eigenvalue weighted by atomic mass is 10.4. The van der Waals surface area contributed by atoms with Gasteiger partial charge in [0.15, 0.2) is 5.82 Å². The molecule has 0 spiro atoms. The van der Waals surface area contributed by atoms with Gasteiger partial charge in [-0.15, -0.1) is 0 Å². The number of hydrogen-bond donors (Lipinski definition) is 1. The Morgan fingerprint density at radius 1 is 1.25 bits per heavy atom. The van der Waals surface area contributed by atoms with E-state index in [1.165, 1.54) is 0 Å². The zero-order valence-corrected chi connectivity index (χ0v) is 12.2. The second-order valence-corrected chi connectivity index (χ2v) is 4.52. The molecule has 0 saturated heterocycles. The van der Waals surface area contributed by atoms with Crippen molar-refractivity contribution >= 4 is 17.4 Å². The van der Waals surface area contributed by atoms with Crippen LogP contribution in [0, 0.1) is 6.92 Å². The van der Waals surface area contributed by atoms with Gasteiger partial charge >= 0.3 is 0 Å². The lowest BCUT2D eigenvalue weighted by Crippen LogP contribution is -2.07. The van der Waals surface area contributed by atoms with Crippen LogP contribution in [0.25, 0.3) is 0 Å². The minimum Gasteiger partial charge on any atom is -0.374 e. The summed E-state index contributed by atoms with van der Waals surface area (Å²) < 4.78 is 5.27. The Hall–Kier alpha value is -1.79. The van der Waals surface area contributed by atoms with E-state index in [4.69, 9.17) is 16.3 Å². The van der Waals surface area contributed by atoms with Crippen LogP contribution in [-0.4, -0.2) is 26.5 Å². The molecule has 1 N–H and O–H groups in total. The summed E-state index contributed by atoms with van der Waals surface area (Å²) in [5.74, 6) is 1.19. The number of anilines is 1. The Morgan fingerprint density at radius 2 is 2.10 bits per heavy atom. The molecule has 2 rings (SSSR count). The fourth-order valence-electron chi connectivity index (χ4n) is 1.50. The van der Waals surface area contributed by atoms with Crippen LogP contribution in [0.3, 0.4) is 0 Å². The zero-order valence-electron chi connectivity index (χ0n) is 11.4. The molecule has 0 bridgehead atoms. The second kappa shape index (κ2) is 7.12. The van der Waals surface area contributed by atoms with Crippen molar-refractivity contribution in [3.8, 4) is 0 Å². The molecule has 0 aromatic carbocycles. The van der Waals surface area contributed by atoms with Gasteiger partial charge in [-0.2, -0.15) is 0 Å². The van der Waals surface area contributed by atoms with Gasteiger partial charge in [0.25, 0.3) is 0 Å². The Labute approximate surface area is 122 Å². The number of aryl methyl sites for hydroxylation is 1. The zero-order chi connectivity index (χ0) is 14.4. The number of hydrogen-bond acceptors (Lipinski definition) is 6. The Balaban J connectivity index is 2.01. The van der Waals surface area contributed by atoms with E-state index in [0.29, 0.717) is 36.6 Å². The molecule has 0 aliphatic carbocycles. The van der Waals surface area contributed by atoms with Crippen LogP contribution in [0.1, 0.15) is 24.1 Å². The maximum absolute atomic E-state index is 5.96. The Morgan fingerprint density at radius 3 is 2.80 bits per heavy atom. The van der Waals surface area contributed by atoms with Gasteiger partial charge in [0.2, 0.25) is 0 Å². The van der Waals surface area contributed by atoms with E-state index in [1.54, 1.807) is 18.5 Å². The van der Waals surface area contributed by atoms with Gasteiger partial charge < -0.3 is 10.1 Å². The van der Waals surface area contributed by atoms with Crippen molar-refractivity contribution in [2.45, 2.75) is 27.0 Å². The number of nitrogens with one attached hydrogen (secondary N) is 1. The first-order chi connectivity index (χ1) is 9.67. The first-order valence-corrected chi connectivity index (χ1v) is 6.67. The Kier molecular flexibility index (Phi) is 5.20. The summed E-state index contributed by atoms with van der Waals surface area (Å²) in [6.07, 6.45) is 3.46. The minimum atomic E-state index is 0.343. The third-order valence-electron chi connectivity index (χ3n) is 2.46. The lowest BCUT2D eigenvalue weighted by Gasteiger charge is -2.07. The molecule has 0 unspecified atom stereocenters. The second-order valence-electron chi connectivity index (χ2n) is 4.13. The first kappa shape index (κ1) is 14.6. The number of ether oxygens (including phenoxy) is 1. The summed E-state index contributed by atoms with van der Waals surface area (Å²) in [6.45, 7) is 5.29. The number of aromatic nitrogens is 4. The summed E-state index contributed by atoms with van der Waals surface area (Å²) in [5.41, 5.74) is 1.72. The van der Waals surface area contributed by atoms with E-state index in [0.717, 1.165) is 11.4 Å². The van der Waals surface area contributed by atoms with Crippen molar-refractivity contribution in [2.75, 3.05) is 11.9 Å². The maximum atomic E-state index is 5.96. The van der Waals surface area contributed by atoms with Crippen molar-refractivity contribution in [1.82, 2.24) is 19.9 Å². The van der Waals surface area contributed by atoms with E-state index in [2.05, 4.69) is 25.3 Å². The average molecular weight is 294 g/mol. The van der Waals surface area contributed by atoms with Crippen molar-refractivity contribution in [3.63, 3.8) is 0 Å². The van der Waals surface area contributed by atoms with E-state index in [-0.39, 0.29) is 0 Å². The highest BCUT2D eigenvalue weighted by Gasteiger charge is 2.04. The van der Waals surface area contributed by atoms with Gasteiger partial charge in [0, 0.05) is 18.9 Å². The van der Waals surface area contributed by atoms with E-state index in [9.17, 15) is 0 Å². The average Bonchev–Trinajstić information content (AvgIpc) is 2.44. The highest BCUT2D eigenvalue weighted by molar-refractivity contribution is 6.29. The lowest BCUT2D eigenvalue weighted by molar-refractivity contribution is 0.128. The van der Waals surface area contributed by atoms with E-state index >= 15 is 0 Å². The smallest absolute Gasteiger partial charge is 0.158 e. The molecule has 6 nitrogen and oxygen atoms in total. The standard InChI is InChI=1S/C13H16ClN5O/c1-3-20-8-13-18-11(14)4-12(19-13)17-7-10-6-15-9(2)5-16-10/h4-6H,3,7-8H2,1-2H3,(H,17,18,19). The summed E-state index contributed by atoms with van der Waals surface area (Å²) in [4.78, 5) is 16.9. The minimum absolute atomic E-state index is 0.343. The predicted octanol–water partition coefficient (Wildman–Crippen LogP) is 2.38. The fourth-order valence-corrected chi connectivity index (χ4v) is 1.71. The number of nitrogens with zero attached hydrogens (tertiary/aromatic N) is 4. The highest BCUT2D eigenvalue weighted by atomic mass is 35.5. The molecule has 2 heterocycles. The number of halogens is 1. The molecule has 0 fully saturated rings. The largest absolute Gasteiger partial charge is 0.374 e. The van der Waals surface area contributed by atoms with Gasteiger partial charge in [-0.05, 0) is 13.8 Å². The summed E-state index contributed by atoms with van der Waals surface area (Å²) >= 11 is 5.96. The molecule has 106 valence electrons. The summed E-state index contributed by atoms with van der Waals surface area (Å²) in [5, 5.41) is 3.53. The van der Waals surface area contributed by atoms with Crippen LogP contribution in [0.5, 0.6) is 0 Å². The third-order valence-corrected chi connectivity index (χ3v) is 2.66. The van der Waals surface area contributed by atoms with Crippen molar-refractivity contribution in [1.29, 1.82) is 0 Å². The van der Waals surface area contributed by atoms with Crippen LogP contribution in [0.4, 0.5) is 5.82 Å². The van der Waals surface area contributed by atoms with Crippen molar-refractivity contribution in [3.05, 3.63) is 40.8 Å². The maximum Gasteiger partial charge on any atom is 0.158 e. The van der Waals surface area contributed by atoms with Crippen molar-refractivity contribution in [2.24, 2.45) is 0 Å². The summed E-state index contributed by atoms with van der Waals surface area (Å²) in [6, 6.07) is 1.67.